The fourth-order valence-corrected chi connectivity index (χ4v) is 4.99. The van der Waals surface area contributed by atoms with E-state index in [2.05, 4.69) is 0 Å². The minimum atomic E-state index is -3.75. The number of carbonyl (C=O) groups excluding carboxylic acids is 1. The molecule has 1 heterocycles. The van der Waals surface area contributed by atoms with Crippen molar-refractivity contribution in [2.24, 2.45) is 0 Å². The van der Waals surface area contributed by atoms with E-state index >= 15 is 0 Å². The van der Waals surface area contributed by atoms with Crippen LogP contribution in [0.25, 0.3) is 0 Å². The summed E-state index contributed by atoms with van der Waals surface area (Å²) in [6.07, 6.45) is 1.99. The third-order valence-electron chi connectivity index (χ3n) is 4.50. The molecular formula is C17H23ClN2O4S. The van der Waals surface area contributed by atoms with Gasteiger partial charge in [-0.05, 0) is 44.9 Å². The van der Waals surface area contributed by atoms with Crippen molar-refractivity contribution in [1.29, 1.82) is 0 Å². The standard InChI is InChI=1S/C17H23ClN2O4S/c1-12(2)20(14-4-5-14)17(21)13-3-6-15(18)16(11-13)25(22,23)19-7-9-24-10-8-19/h3,6,11-12,14H,4-5,7-10H2,1-2H3. The second-order valence-corrected chi connectivity index (χ2v) is 9.01. The van der Waals surface area contributed by atoms with Crippen molar-refractivity contribution in [3.8, 4) is 0 Å². The molecule has 1 amide bonds. The van der Waals surface area contributed by atoms with Gasteiger partial charge in [0.05, 0.1) is 18.2 Å². The first-order valence-corrected chi connectivity index (χ1v) is 10.3. The summed E-state index contributed by atoms with van der Waals surface area (Å²) in [6, 6.07) is 4.82. The Morgan fingerprint density at radius 3 is 2.48 bits per heavy atom. The first kappa shape index (κ1) is 18.6. The van der Waals surface area contributed by atoms with Crippen molar-refractivity contribution in [2.75, 3.05) is 26.3 Å². The van der Waals surface area contributed by atoms with Gasteiger partial charge in [-0.2, -0.15) is 4.31 Å². The number of halogens is 1. The van der Waals surface area contributed by atoms with Gasteiger partial charge in [0.25, 0.3) is 5.91 Å². The zero-order chi connectivity index (χ0) is 18.2. The summed E-state index contributed by atoms with van der Waals surface area (Å²) in [4.78, 5) is 14.7. The van der Waals surface area contributed by atoms with E-state index in [1.807, 2.05) is 18.7 Å². The predicted molar refractivity (Wildman–Crippen MR) is 95.4 cm³/mol. The van der Waals surface area contributed by atoms with Crippen LogP contribution >= 0.6 is 11.6 Å². The zero-order valence-corrected chi connectivity index (χ0v) is 16.0. The number of rotatable bonds is 5. The quantitative estimate of drug-likeness (QED) is 0.779. The molecule has 1 saturated heterocycles. The SMILES string of the molecule is CC(C)N(C(=O)c1ccc(Cl)c(S(=O)(=O)N2CCOCC2)c1)C1CC1. The number of benzene rings is 1. The fraction of sp³-hybridized carbons (Fsp3) is 0.588. The highest BCUT2D eigenvalue weighted by molar-refractivity contribution is 7.89. The number of hydrogen-bond donors (Lipinski definition) is 0. The monoisotopic (exact) mass is 386 g/mol. The van der Waals surface area contributed by atoms with Gasteiger partial charge in [-0.25, -0.2) is 8.42 Å². The molecule has 0 spiro atoms. The van der Waals surface area contributed by atoms with Gasteiger partial charge in [0.2, 0.25) is 10.0 Å². The second kappa shape index (κ2) is 7.23. The predicted octanol–water partition coefficient (Wildman–Crippen LogP) is 2.37. The van der Waals surface area contributed by atoms with Crippen LogP contribution in [0.1, 0.15) is 37.0 Å². The lowest BCUT2D eigenvalue weighted by Crippen LogP contribution is -2.41. The van der Waals surface area contributed by atoms with Gasteiger partial charge < -0.3 is 9.64 Å². The topological polar surface area (TPSA) is 66.9 Å². The molecule has 0 aromatic heterocycles. The normalized spacial score (nSPS) is 19.2. The van der Waals surface area contributed by atoms with Gasteiger partial charge in [0, 0.05) is 30.7 Å². The van der Waals surface area contributed by atoms with Gasteiger partial charge in [-0.15, -0.1) is 0 Å². The van der Waals surface area contributed by atoms with Crippen LogP contribution in [0, 0.1) is 0 Å². The molecule has 25 heavy (non-hydrogen) atoms. The van der Waals surface area contributed by atoms with Crippen LogP contribution in [0.15, 0.2) is 23.1 Å². The average Bonchev–Trinajstić information content (AvgIpc) is 3.40. The zero-order valence-electron chi connectivity index (χ0n) is 14.4. The number of morpholine rings is 1. The number of amides is 1. The third-order valence-corrected chi connectivity index (χ3v) is 6.88. The van der Waals surface area contributed by atoms with Gasteiger partial charge in [0.15, 0.2) is 0 Å². The van der Waals surface area contributed by atoms with Gasteiger partial charge in [0.1, 0.15) is 4.90 Å². The molecule has 0 bridgehead atoms. The van der Waals surface area contributed by atoms with Gasteiger partial charge in [-0.3, -0.25) is 4.79 Å². The van der Waals surface area contributed by atoms with Crippen LogP contribution in [0.2, 0.25) is 5.02 Å². The van der Waals surface area contributed by atoms with Crippen LogP contribution in [0.3, 0.4) is 0 Å². The Labute approximate surface area is 153 Å². The summed E-state index contributed by atoms with van der Waals surface area (Å²) in [7, 11) is -3.75. The molecule has 1 aromatic rings. The van der Waals surface area contributed by atoms with Crippen molar-refractivity contribution >= 4 is 27.5 Å². The Bertz CT molecular complexity index is 754. The number of nitrogens with zero attached hydrogens (tertiary/aromatic N) is 2. The first-order valence-electron chi connectivity index (χ1n) is 8.52. The molecule has 1 aliphatic carbocycles. The molecule has 1 aromatic carbocycles. The highest BCUT2D eigenvalue weighted by Gasteiger charge is 2.36. The molecule has 0 atom stereocenters. The van der Waals surface area contributed by atoms with Crippen LogP contribution in [-0.2, 0) is 14.8 Å². The molecule has 138 valence electrons. The Kier molecular flexibility index (Phi) is 5.39. The maximum atomic E-state index is 12.9. The minimum Gasteiger partial charge on any atom is -0.379 e. The maximum Gasteiger partial charge on any atom is 0.254 e. The highest BCUT2D eigenvalue weighted by Crippen LogP contribution is 2.32. The molecule has 1 saturated carbocycles. The molecule has 8 heteroatoms. The van der Waals surface area contributed by atoms with Crippen molar-refractivity contribution in [3.63, 3.8) is 0 Å². The van der Waals surface area contributed by atoms with E-state index in [1.54, 1.807) is 6.07 Å². The Hall–Kier alpha value is -1.15. The van der Waals surface area contributed by atoms with E-state index in [4.69, 9.17) is 16.3 Å². The van der Waals surface area contributed by atoms with E-state index in [0.29, 0.717) is 18.8 Å². The summed E-state index contributed by atoms with van der Waals surface area (Å²) in [6.45, 7) is 5.24. The van der Waals surface area contributed by atoms with E-state index in [0.717, 1.165) is 12.8 Å². The van der Waals surface area contributed by atoms with E-state index in [9.17, 15) is 13.2 Å². The average molecular weight is 387 g/mol. The summed E-state index contributed by atoms with van der Waals surface area (Å²) in [5.74, 6) is -0.146. The molecule has 0 unspecified atom stereocenters. The molecule has 6 nitrogen and oxygen atoms in total. The number of ether oxygens (including phenoxy) is 1. The summed E-state index contributed by atoms with van der Waals surface area (Å²) in [5, 5.41) is 0.130. The molecule has 0 N–H and O–H groups in total. The molecule has 2 fully saturated rings. The van der Waals surface area contributed by atoms with E-state index in [-0.39, 0.29) is 41.0 Å². The summed E-state index contributed by atoms with van der Waals surface area (Å²) >= 11 is 6.16. The molecule has 0 radical (unpaired) electrons. The molecule has 2 aliphatic rings. The number of hydrogen-bond acceptors (Lipinski definition) is 4. The fourth-order valence-electron chi connectivity index (χ4n) is 3.08. The van der Waals surface area contributed by atoms with E-state index < -0.39 is 10.0 Å². The Morgan fingerprint density at radius 1 is 1.28 bits per heavy atom. The second-order valence-electron chi connectivity index (χ2n) is 6.70. The molecule has 3 rings (SSSR count). The third kappa shape index (κ3) is 3.84. The Morgan fingerprint density at radius 2 is 1.92 bits per heavy atom. The van der Waals surface area contributed by atoms with Crippen LogP contribution in [-0.4, -0.2) is 61.9 Å². The summed E-state index contributed by atoms with van der Waals surface area (Å²) < 4.78 is 32.4. The van der Waals surface area contributed by atoms with Crippen LogP contribution in [0.5, 0.6) is 0 Å². The Balaban J connectivity index is 1.93. The van der Waals surface area contributed by atoms with Gasteiger partial charge in [-0.1, -0.05) is 11.6 Å². The highest BCUT2D eigenvalue weighted by atomic mass is 35.5. The lowest BCUT2D eigenvalue weighted by Gasteiger charge is -2.28. The van der Waals surface area contributed by atoms with Crippen molar-refractivity contribution < 1.29 is 17.9 Å². The van der Waals surface area contributed by atoms with E-state index in [1.165, 1.54) is 16.4 Å². The lowest BCUT2D eigenvalue weighted by atomic mass is 10.1. The summed E-state index contributed by atoms with van der Waals surface area (Å²) in [5.41, 5.74) is 0.358. The lowest BCUT2D eigenvalue weighted by molar-refractivity contribution is 0.0689. The van der Waals surface area contributed by atoms with Crippen molar-refractivity contribution in [3.05, 3.63) is 28.8 Å². The first-order chi connectivity index (χ1) is 11.8. The smallest absolute Gasteiger partial charge is 0.254 e. The van der Waals surface area contributed by atoms with Crippen molar-refractivity contribution in [1.82, 2.24) is 9.21 Å². The number of carbonyl (C=O) groups is 1. The van der Waals surface area contributed by atoms with Crippen molar-refractivity contribution in [2.45, 2.75) is 43.7 Å². The van der Waals surface area contributed by atoms with Crippen LogP contribution in [0.4, 0.5) is 0 Å². The number of sulfonamides is 1. The maximum absolute atomic E-state index is 12.9. The largest absolute Gasteiger partial charge is 0.379 e. The molecule has 1 aliphatic heterocycles. The van der Waals surface area contributed by atoms with Crippen LogP contribution < -0.4 is 0 Å². The van der Waals surface area contributed by atoms with Gasteiger partial charge >= 0.3 is 0 Å². The molecular weight excluding hydrogens is 364 g/mol. The minimum absolute atomic E-state index is 0.0126.